The summed E-state index contributed by atoms with van der Waals surface area (Å²) in [4.78, 5) is 12.2. The van der Waals surface area contributed by atoms with Crippen molar-refractivity contribution in [1.29, 1.82) is 0 Å². The number of benzene rings is 3. The number of hydrogen-bond donors (Lipinski definition) is 3. The van der Waals surface area contributed by atoms with Gasteiger partial charge in [-0.1, -0.05) is 66.7 Å². The number of carbonyl (C=O) groups excluding carboxylic acids is 1. The molecule has 3 aromatic rings. The molecule has 0 saturated carbocycles. The van der Waals surface area contributed by atoms with Gasteiger partial charge in [-0.05, 0) is 41.0 Å². The van der Waals surface area contributed by atoms with Crippen LogP contribution in [0.4, 0.5) is 5.69 Å². The maximum atomic E-state index is 12.2. The third-order valence-corrected chi connectivity index (χ3v) is 4.60. The van der Waals surface area contributed by atoms with Crippen molar-refractivity contribution in [2.45, 2.75) is 5.92 Å². The van der Waals surface area contributed by atoms with Gasteiger partial charge >= 0.3 is 0 Å². The van der Waals surface area contributed by atoms with E-state index >= 15 is 0 Å². The Balaban J connectivity index is 1.62. The lowest BCUT2D eigenvalue weighted by molar-refractivity contribution is -0.129. The molecule has 0 bridgehead atoms. The Labute approximate surface area is 170 Å². The standard InChI is InChI=1S/C24H24N2O3/c1-29-22-15-9-18(10-16-22)6-5-17-25-21-13-11-20(12-14-21)23(24(27)26-28)19-7-3-2-4-8-19/h2-16,23,25,28H,17H2,1H3,(H,26,27). The van der Waals surface area contributed by atoms with Crippen molar-refractivity contribution >= 4 is 17.7 Å². The van der Waals surface area contributed by atoms with Crippen LogP contribution >= 0.6 is 0 Å². The monoisotopic (exact) mass is 388 g/mol. The van der Waals surface area contributed by atoms with Crippen LogP contribution in [0.3, 0.4) is 0 Å². The van der Waals surface area contributed by atoms with Crippen LogP contribution in [-0.4, -0.2) is 24.8 Å². The van der Waals surface area contributed by atoms with Gasteiger partial charge in [-0.3, -0.25) is 10.0 Å². The van der Waals surface area contributed by atoms with Gasteiger partial charge in [0.2, 0.25) is 0 Å². The van der Waals surface area contributed by atoms with Gasteiger partial charge in [0.15, 0.2) is 0 Å². The number of hydroxylamine groups is 1. The highest BCUT2D eigenvalue weighted by atomic mass is 16.5. The molecule has 5 heteroatoms. The summed E-state index contributed by atoms with van der Waals surface area (Å²) in [6, 6.07) is 24.9. The summed E-state index contributed by atoms with van der Waals surface area (Å²) >= 11 is 0. The normalized spacial score (nSPS) is 11.8. The lowest BCUT2D eigenvalue weighted by Crippen LogP contribution is -2.27. The summed E-state index contributed by atoms with van der Waals surface area (Å²) in [5.41, 5.74) is 5.45. The van der Waals surface area contributed by atoms with Gasteiger partial charge in [-0.2, -0.15) is 0 Å². The molecular weight excluding hydrogens is 364 g/mol. The zero-order chi connectivity index (χ0) is 20.5. The molecule has 1 unspecified atom stereocenters. The molecule has 1 atom stereocenters. The van der Waals surface area contributed by atoms with Crippen LogP contribution in [0.25, 0.3) is 6.08 Å². The average Bonchev–Trinajstić information content (AvgIpc) is 2.79. The number of rotatable bonds is 8. The van der Waals surface area contributed by atoms with Crippen LogP contribution in [0, 0.1) is 0 Å². The quantitative estimate of drug-likeness (QED) is 0.394. The first-order valence-corrected chi connectivity index (χ1v) is 9.34. The predicted molar refractivity (Wildman–Crippen MR) is 115 cm³/mol. The van der Waals surface area contributed by atoms with Gasteiger partial charge in [0, 0.05) is 12.2 Å². The maximum Gasteiger partial charge on any atom is 0.255 e. The summed E-state index contributed by atoms with van der Waals surface area (Å²) < 4.78 is 5.15. The molecule has 0 aliphatic rings. The lowest BCUT2D eigenvalue weighted by Gasteiger charge is -2.16. The van der Waals surface area contributed by atoms with Gasteiger partial charge in [-0.25, -0.2) is 5.48 Å². The highest BCUT2D eigenvalue weighted by Gasteiger charge is 2.22. The van der Waals surface area contributed by atoms with E-state index in [0.717, 1.165) is 28.1 Å². The highest BCUT2D eigenvalue weighted by Crippen LogP contribution is 2.26. The van der Waals surface area contributed by atoms with E-state index in [1.165, 1.54) is 0 Å². The Morgan fingerprint density at radius 3 is 2.24 bits per heavy atom. The second-order valence-electron chi connectivity index (χ2n) is 6.50. The van der Waals surface area contributed by atoms with E-state index < -0.39 is 11.8 Å². The molecule has 3 rings (SSSR count). The molecule has 5 nitrogen and oxygen atoms in total. The van der Waals surface area contributed by atoms with Crippen LogP contribution in [0.1, 0.15) is 22.6 Å². The zero-order valence-electron chi connectivity index (χ0n) is 16.2. The van der Waals surface area contributed by atoms with E-state index in [4.69, 9.17) is 9.94 Å². The number of anilines is 1. The third kappa shape index (κ3) is 5.46. The minimum absolute atomic E-state index is 0.459. The molecule has 29 heavy (non-hydrogen) atoms. The number of hydrogen-bond acceptors (Lipinski definition) is 4. The molecule has 0 fully saturated rings. The Kier molecular flexibility index (Phi) is 7.03. The topological polar surface area (TPSA) is 70.6 Å². The van der Waals surface area contributed by atoms with Crippen LogP contribution in [-0.2, 0) is 4.79 Å². The second kappa shape index (κ2) is 10.1. The largest absolute Gasteiger partial charge is 0.497 e. The van der Waals surface area contributed by atoms with Crippen molar-refractivity contribution in [1.82, 2.24) is 5.48 Å². The van der Waals surface area contributed by atoms with Gasteiger partial charge < -0.3 is 10.1 Å². The predicted octanol–water partition coefficient (Wildman–Crippen LogP) is 4.46. The van der Waals surface area contributed by atoms with Crippen molar-refractivity contribution in [2.24, 2.45) is 0 Å². The van der Waals surface area contributed by atoms with E-state index in [2.05, 4.69) is 5.32 Å². The molecule has 0 radical (unpaired) electrons. The number of methoxy groups -OCH3 is 1. The fourth-order valence-electron chi connectivity index (χ4n) is 3.09. The smallest absolute Gasteiger partial charge is 0.255 e. The Hall–Kier alpha value is -3.57. The average molecular weight is 388 g/mol. The highest BCUT2D eigenvalue weighted by molar-refractivity contribution is 5.86. The molecule has 0 aliphatic carbocycles. The minimum atomic E-state index is -0.565. The van der Waals surface area contributed by atoms with Gasteiger partial charge in [-0.15, -0.1) is 0 Å². The molecule has 0 aliphatic heterocycles. The molecule has 1 amide bonds. The number of nitrogens with one attached hydrogen (secondary N) is 2. The van der Waals surface area contributed by atoms with Gasteiger partial charge in [0.1, 0.15) is 5.75 Å². The summed E-state index contributed by atoms with van der Waals surface area (Å²) in [7, 11) is 1.65. The van der Waals surface area contributed by atoms with Gasteiger partial charge in [0.25, 0.3) is 5.91 Å². The summed E-state index contributed by atoms with van der Waals surface area (Å²) in [6.07, 6.45) is 4.08. The number of carbonyl (C=O) groups is 1. The van der Waals surface area contributed by atoms with Crippen molar-refractivity contribution in [3.8, 4) is 5.75 Å². The van der Waals surface area contributed by atoms with Crippen LogP contribution in [0.2, 0.25) is 0 Å². The number of amides is 1. The first kappa shape index (κ1) is 20.2. The summed E-state index contributed by atoms with van der Waals surface area (Å²) in [6.45, 7) is 0.671. The van der Waals surface area contributed by atoms with Crippen LogP contribution in [0.5, 0.6) is 5.75 Å². The molecule has 3 N–H and O–H groups in total. The van der Waals surface area contributed by atoms with Crippen molar-refractivity contribution in [3.63, 3.8) is 0 Å². The van der Waals surface area contributed by atoms with Gasteiger partial charge in [0.05, 0.1) is 13.0 Å². The SMILES string of the molecule is COc1ccc(C=CCNc2ccc(C(C(=O)NO)c3ccccc3)cc2)cc1. The zero-order valence-corrected chi connectivity index (χ0v) is 16.2. The van der Waals surface area contributed by atoms with Crippen LogP contribution in [0.15, 0.2) is 84.9 Å². The lowest BCUT2D eigenvalue weighted by atomic mass is 9.90. The Morgan fingerprint density at radius 1 is 0.966 bits per heavy atom. The molecule has 0 spiro atoms. The third-order valence-electron chi connectivity index (χ3n) is 4.60. The first-order valence-electron chi connectivity index (χ1n) is 9.34. The summed E-state index contributed by atoms with van der Waals surface area (Å²) in [5, 5.41) is 12.4. The van der Waals surface area contributed by atoms with E-state index in [1.54, 1.807) is 12.6 Å². The molecule has 148 valence electrons. The van der Waals surface area contributed by atoms with Crippen molar-refractivity contribution in [2.75, 3.05) is 19.0 Å². The maximum absolute atomic E-state index is 12.2. The molecule has 0 aromatic heterocycles. The molecular formula is C24H24N2O3. The molecule has 0 saturated heterocycles. The van der Waals surface area contributed by atoms with E-state index in [1.807, 2.05) is 91.0 Å². The van der Waals surface area contributed by atoms with E-state index in [-0.39, 0.29) is 0 Å². The molecule has 0 heterocycles. The summed E-state index contributed by atoms with van der Waals surface area (Å²) in [5.74, 6) is -0.186. The fraction of sp³-hybridized carbons (Fsp3) is 0.125. The van der Waals surface area contributed by atoms with Crippen LogP contribution < -0.4 is 15.5 Å². The minimum Gasteiger partial charge on any atom is -0.497 e. The fourth-order valence-corrected chi connectivity index (χ4v) is 3.09. The first-order chi connectivity index (χ1) is 14.2. The molecule has 3 aromatic carbocycles. The Bertz CT molecular complexity index is 936. The van der Waals surface area contributed by atoms with Crippen molar-refractivity contribution in [3.05, 3.63) is 102 Å². The van der Waals surface area contributed by atoms with E-state index in [0.29, 0.717) is 6.54 Å². The van der Waals surface area contributed by atoms with E-state index in [9.17, 15) is 4.79 Å². The number of ether oxygens (including phenoxy) is 1. The Morgan fingerprint density at radius 2 is 1.62 bits per heavy atom. The second-order valence-corrected chi connectivity index (χ2v) is 6.50. The van der Waals surface area contributed by atoms with Crippen molar-refractivity contribution < 1.29 is 14.7 Å².